The molecule has 5 rings (SSSR count). The Bertz CT molecular complexity index is 1710. The Kier molecular flexibility index (Phi) is 8.40. The number of H-pyrrole nitrogens is 1. The number of ketones is 1. The Morgan fingerprint density at radius 3 is 2.59 bits per heavy atom. The highest BCUT2D eigenvalue weighted by atomic mass is 35.5. The summed E-state index contributed by atoms with van der Waals surface area (Å²) in [5, 5.41) is 6.73. The monoisotopic (exact) mass is 572 g/mol. The number of ether oxygens (including phenoxy) is 1. The number of hydrogen-bond acceptors (Lipinski definition) is 7. The topological polar surface area (TPSA) is 135 Å². The molecule has 0 unspecified atom stereocenters. The molecule has 2 aromatic heterocycles. The Morgan fingerprint density at radius 1 is 0.976 bits per heavy atom. The molecule has 0 radical (unpaired) electrons. The van der Waals surface area contributed by atoms with Gasteiger partial charge in [-0.25, -0.2) is 14.4 Å². The number of aromatic nitrogens is 3. The Balaban J connectivity index is 1.21. The molecule has 0 bridgehead atoms. The zero-order chi connectivity index (χ0) is 28.8. The molecule has 41 heavy (non-hydrogen) atoms. The first kappa shape index (κ1) is 27.6. The normalized spacial score (nSPS) is 10.9. The van der Waals surface area contributed by atoms with Crippen molar-refractivity contribution >= 4 is 51.5 Å². The minimum atomic E-state index is -0.466. The van der Waals surface area contributed by atoms with E-state index in [4.69, 9.17) is 22.1 Å². The molecule has 0 atom stereocenters. The van der Waals surface area contributed by atoms with Crippen molar-refractivity contribution in [3.63, 3.8) is 0 Å². The lowest BCUT2D eigenvalue weighted by atomic mass is 10.0. The number of carbonyl (C=O) groups excluding carboxylic acids is 2. The summed E-state index contributed by atoms with van der Waals surface area (Å²) in [4.78, 5) is 37.4. The first-order valence-electron chi connectivity index (χ1n) is 12.9. The van der Waals surface area contributed by atoms with Crippen molar-refractivity contribution in [2.24, 2.45) is 0 Å². The lowest BCUT2D eigenvalue weighted by Gasteiger charge is -2.10. The van der Waals surface area contributed by atoms with Crippen LogP contribution in [0.25, 0.3) is 11.0 Å². The second-order valence-corrected chi connectivity index (χ2v) is 9.60. The van der Waals surface area contributed by atoms with E-state index in [9.17, 15) is 14.0 Å². The molecular formula is C30H26ClFN6O3. The Hall–Kier alpha value is -4.96. The Morgan fingerprint density at radius 2 is 1.80 bits per heavy atom. The molecule has 0 spiro atoms. The maximum absolute atomic E-state index is 13.5. The number of rotatable bonds is 11. The summed E-state index contributed by atoms with van der Waals surface area (Å²) in [5.41, 5.74) is 7.48. The number of nitrogens with two attached hydrogens (primary N) is 1. The van der Waals surface area contributed by atoms with Gasteiger partial charge in [-0.2, -0.15) is 0 Å². The number of carbonyl (C=O) groups is 2. The van der Waals surface area contributed by atoms with Gasteiger partial charge in [-0.1, -0.05) is 29.8 Å². The average Bonchev–Trinajstić information content (AvgIpc) is 3.40. The van der Waals surface area contributed by atoms with Gasteiger partial charge in [0, 0.05) is 30.8 Å². The third kappa shape index (κ3) is 6.62. The van der Waals surface area contributed by atoms with Gasteiger partial charge in [0.2, 0.25) is 5.91 Å². The molecule has 2 heterocycles. The van der Waals surface area contributed by atoms with Gasteiger partial charge in [0.05, 0.1) is 27.3 Å². The zero-order valence-electron chi connectivity index (χ0n) is 21.8. The van der Waals surface area contributed by atoms with Gasteiger partial charge in [0.25, 0.3) is 0 Å². The lowest BCUT2D eigenvalue weighted by molar-refractivity contribution is -0.116. The second-order valence-electron chi connectivity index (χ2n) is 9.20. The molecular weight excluding hydrogens is 547 g/mol. The Labute approximate surface area is 239 Å². The van der Waals surface area contributed by atoms with Crippen molar-refractivity contribution in [3.05, 3.63) is 101 Å². The highest BCUT2D eigenvalue weighted by Crippen LogP contribution is 2.31. The van der Waals surface area contributed by atoms with Crippen LogP contribution < -0.4 is 21.1 Å². The van der Waals surface area contributed by atoms with E-state index in [-0.39, 0.29) is 28.8 Å². The van der Waals surface area contributed by atoms with Gasteiger partial charge in [-0.05, 0) is 55.3 Å². The van der Waals surface area contributed by atoms with Crippen LogP contribution in [0.1, 0.15) is 35.2 Å². The molecule has 0 aliphatic carbocycles. The summed E-state index contributed by atoms with van der Waals surface area (Å²) >= 11 is 6.49. The fourth-order valence-electron chi connectivity index (χ4n) is 4.27. The number of halogens is 2. The molecule has 3 aromatic carbocycles. The number of nitrogen functional groups attached to an aromatic ring is 1. The molecule has 0 fully saturated rings. The van der Waals surface area contributed by atoms with Gasteiger partial charge < -0.3 is 26.1 Å². The summed E-state index contributed by atoms with van der Waals surface area (Å²) in [5.74, 6) is 0.684. The number of anilines is 3. The van der Waals surface area contributed by atoms with Crippen LogP contribution in [0.4, 0.5) is 21.6 Å². The van der Waals surface area contributed by atoms with Crippen molar-refractivity contribution in [2.45, 2.75) is 19.3 Å². The number of aromatic amines is 1. The summed E-state index contributed by atoms with van der Waals surface area (Å²) in [6.45, 7) is 0.503. The number of para-hydroxylation sites is 1. The van der Waals surface area contributed by atoms with Crippen LogP contribution in [-0.2, 0) is 4.79 Å². The van der Waals surface area contributed by atoms with E-state index < -0.39 is 5.82 Å². The largest absolute Gasteiger partial charge is 0.457 e. The molecule has 5 N–H and O–H groups in total. The number of hydrogen-bond donors (Lipinski definition) is 4. The third-order valence-electron chi connectivity index (χ3n) is 6.29. The number of unbranched alkanes of at least 4 members (excludes halogenated alkanes) is 1. The fourth-order valence-corrected chi connectivity index (χ4v) is 4.52. The number of nitrogens with one attached hydrogen (secondary N) is 3. The van der Waals surface area contributed by atoms with E-state index in [1.807, 2.05) is 30.3 Å². The molecule has 9 nitrogen and oxygen atoms in total. The van der Waals surface area contributed by atoms with Gasteiger partial charge in [-0.15, -0.1) is 0 Å². The SMILES string of the molecule is Nc1cc(F)ccc1NC(=O)CCCCNc1ncnc2[nH]cc(C(=O)c3ccc(Oc4ccccc4)cc3Cl)c12. The fraction of sp³-hybridized carbons (Fsp3) is 0.133. The molecule has 5 aromatic rings. The average molecular weight is 573 g/mol. The van der Waals surface area contributed by atoms with Crippen LogP contribution in [0.3, 0.4) is 0 Å². The third-order valence-corrected chi connectivity index (χ3v) is 6.60. The van der Waals surface area contributed by atoms with Crippen molar-refractivity contribution in [1.82, 2.24) is 15.0 Å². The number of amides is 1. The van der Waals surface area contributed by atoms with Crippen molar-refractivity contribution in [2.75, 3.05) is 22.9 Å². The first-order valence-corrected chi connectivity index (χ1v) is 13.2. The van der Waals surface area contributed by atoms with Gasteiger partial charge in [0.1, 0.15) is 35.1 Å². The summed E-state index contributed by atoms with van der Waals surface area (Å²) in [7, 11) is 0. The molecule has 0 saturated heterocycles. The van der Waals surface area contributed by atoms with Crippen LogP contribution in [0.5, 0.6) is 11.5 Å². The van der Waals surface area contributed by atoms with E-state index in [1.54, 1.807) is 24.4 Å². The van der Waals surface area contributed by atoms with Gasteiger partial charge in [0.15, 0.2) is 5.78 Å². The molecule has 0 aliphatic heterocycles. The minimum absolute atomic E-state index is 0.169. The van der Waals surface area contributed by atoms with Crippen LogP contribution >= 0.6 is 11.6 Å². The van der Waals surface area contributed by atoms with Crippen LogP contribution in [0.2, 0.25) is 5.02 Å². The number of nitrogens with zero attached hydrogens (tertiary/aromatic N) is 2. The highest BCUT2D eigenvalue weighted by molar-refractivity contribution is 6.35. The highest BCUT2D eigenvalue weighted by Gasteiger charge is 2.21. The van der Waals surface area contributed by atoms with E-state index in [1.165, 1.54) is 18.5 Å². The molecule has 0 saturated carbocycles. The van der Waals surface area contributed by atoms with E-state index >= 15 is 0 Å². The molecule has 1 amide bonds. The maximum Gasteiger partial charge on any atom is 0.224 e. The van der Waals surface area contributed by atoms with E-state index in [0.717, 1.165) is 6.07 Å². The lowest BCUT2D eigenvalue weighted by Crippen LogP contribution is -2.13. The van der Waals surface area contributed by atoms with Gasteiger partial charge in [-0.3, -0.25) is 9.59 Å². The smallest absolute Gasteiger partial charge is 0.224 e. The maximum atomic E-state index is 13.5. The van der Waals surface area contributed by atoms with Crippen molar-refractivity contribution in [3.8, 4) is 11.5 Å². The summed E-state index contributed by atoms with van der Waals surface area (Å²) in [6.07, 6.45) is 4.48. The van der Waals surface area contributed by atoms with E-state index in [2.05, 4.69) is 25.6 Å². The predicted molar refractivity (Wildman–Crippen MR) is 157 cm³/mol. The molecule has 208 valence electrons. The standard InChI is InChI=1S/C30H26ClFN6O3/c31-23-15-20(41-19-6-2-1-3-7-19)10-11-21(23)28(40)22-16-35-30-27(22)29(36-17-37-30)34-13-5-4-8-26(39)38-25-12-9-18(32)14-24(25)33/h1-3,6-7,9-12,14-17H,4-5,8,13,33H2,(H,38,39)(H2,34,35,36,37). The zero-order valence-corrected chi connectivity index (χ0v) is 22.5. The van der Waals surface area contributed by atoms with Crippen LogP contribution in [-0.4, -0.2) is 33.2 Å². The van der Waals surface area contributed by atoms with Crippen molar-refractivity contribution in [1.29, 1.82) is 0 Å². The van der Waals surface area contributed by atoms with Crippen LogP contribution in [0, 0.1) is 5.82 Å². The van der Waals surface area contributed by atoms with Crippen LogP contribution in [0.15, 0.2) is 79.3 Å². The second kappa shape index (κ2) is 12.5. The summed E-state index contributed by atoms with van der Waals surface area (Å²) < 4.78 is 19.0. The molecule has 11 heteroatoms. The first-order chi connectivity index (χ1) is 19.9. The quantitative estimate of drug-likeness (QED) is 0.0797. The van der Waals surface area contributed by atoms with Crippen molar-refractivity contribution < 1.29 is 18.7 Å². The van der Waals surface area contributed by atoms with E-state index in [0.29, 0.717) is 64.6 Å². The molecule has 0 aliphatic rings. The number of benzene rings is 3. The number of fused-ring (bicyclic) bond motifs is 1. The van der Waals surface area contributed by atoms with Gasteiger partial charge >= 0.3 is 0 Å². The minimum Gasteiger partial charge on any atom is -0.457 e. The summed E-state index contributed by atoms with van der Waals surface area (Å²) in [6, 6.07) is 18.0. The predicted octanol–water partition coefficient (Wildman–Crippen LogP) is 6.58.